The van der Waals surface area contributed by atoms with Crippen LogP contribution >= 0.6 is 12.6 Å². The van der Waals surface area contributed by atoms with Crippen molar-refractivity contribution in [2.45, 2.75) is 36.5 Å². The molecule has 0 amide bonds. The van der Waals surface area contributed by atoms with Gasteiger partial charge in [-0.3, -0.25) is 0 Å². The smallest absolute Gasteiger partial charge is 0.392 e. The maximum absolute atomic E-state index is 12.7. The molecule has 1 nitrogen and oxygen atoms in total. The van der Waals surface area contributed by atoms with Crippen molar-refractivity contribution < 1.29 is 44.6 Å². The monoisotopic (exact) mass is 310 g/mol. The normalized spacial score (nSPS) is 16.8. The lowest BCUT2D eigenvalue weighted by molar-refractivity contribution is -0.398. The Hall–Kier alpha value is -0.320. The molecule has 11 heteroatoms. The lowest BCUT2D eigenvalue weighted by Crippen LogP contribution is -2.61. The molecule has 0 aliphatic heterocycles. The summed E-state index contributed by atoms with van der Waals surface area (Å²) in [5, 5.41) is 8.61. The Balaban J connectivity index is 5.36. The zero-order valence-electron chi connectivity index (χ0n) is 8.29. The highest BCUT2D eigenvalue weighted by molar-refractivity contribution is 7.80. The third-order valence-electron chi connectivity index (χ3n) is 1.91. The van der Waals surface area contributed by atoms with Gasteiger partial charge in [0.05, 0.1) is 6.10 Å². The van der Waals surface area contributed by atoms with E-state index in [1.807, 2.05) is 0 Å². The summed E-state index contributed by atoms with van der Waals surface area (Å²) >= 11 is 3.21. The zero-order chi connectivity index (χ0) is 15.0. The second-order valence-electron chi connectivity index (χ2n) is 3.39. The van der Waals surface area contributed by atoms with Crippen molar-refractivity contribution in [2.24, 2.45) is 0 Å². The molecule has 0 fully saturated rings. The number of aliphatic hydroxyl groups is 1. The molecule has 0 aromatic carbocycles. The molecule has 0 rings (SSSR count). The first kappa shape index (κ1) is 17.7. The lowest BCUT2D eigenvalue weighted by Gasteiger charge is -2.34. The van der Waals surface area contributed by atoms with Gasteiger partial charge in [0.15, 0.2) is 0 Å². The molecular weight excluding hydrogens is 303 g/mol. The maximum Gasteiger partial charge on any atom is 0.460 e. The van der Waals surface area contributed by atoms with Gasteiger partial charge < -0.3 is 5.11 Å². The first-order valence-electron chi connectivity index (χ1n) is 4.20. The van der Waals surface area contributed by atoms with Gasteiger partial charge in [-0.15, -0.1) is 0 Å². The van der Waals surface area contributed by atoms with E-state index in [2.05, 4.69) is 12.6 Å². The summed E-state index contributed by atoms with van der Waals surface area (Å²) < 4.78 is 110. The summed E-state index contributed by atoms with van der Waals surface area (Å²) in [6.45, 7) is 0. The third kappa shape index (κ3) is 2.98. The highest BCUT2D eigenvalue weighted by Crippen LogP contribution is 2.54. The summed E-state index contributed by atoms with van der Waals surface area (Å²) in [5.41, 5.74) is 0. The molecule has 0 saturated heterocycles. The summed E-state index contributed by atoms with van der Waals surface area (Å²) in [7, 11) is 0. The molecule has 1 atom stereocenters. The van der Waals surface area contributed by atoms with Crippen LogP contribution in [0.3, 0.4) is 0 Å². The molecule has 0 aliphatic carbocycles. The van der Waals surface area contributed by atoms with Crippen molar-refractivity contribution in [1.82, 2.24) is 0 Å². The quantitative estimate of drug-likeness (QED) is 0.590. The topological polar surface area (TPSA) is 20.2 Å². The minimum atomic E-state index is -6.92. The van der Waals surface area contributed by atoms with E-state index in [-0.39, 0.29) is 0 Å². The summed E-state index contributed by atoms with van der Waals surface area (Å²) in [6.07, 6.45) is -11.4. The molecule has 0 heterocycles. The lowest BCUT2D eigenvalue weighted by atomic mass is 9.99. The van der Waals surface area contributed by atoms with Gasteiger partial charge in [0.25, 0.3) is 0 Å². The van der Waals surface area contributed by atoms with Gasteiger partial charge in [-0.05, 0) is 0 Å². The van der Waals surface area contributed by atoms with E-state index in [0.717, 1.165) is 0 Å². The third-order valence-corrected chi connectivity index (χ3v) is 2.33. The molecule has 0 aromatic rings. The van der Waals surface area contributed by atoms with E-state index < -0.39 is 42.2 Å². The van der Waals surface area contributed by atoms with Crippen LogP contribution in [-0.4, -0.2) is 40.9 Å². The minimum absolute atomic E-state index is 0.802. The van der Waals surface area contributed by atoms with Crippen molar-refractivity contribution in [2.75, 3.05) is 5.75 Å². The SMILES string of the molecule is OC(CS)CC(F)(F)C(F)(F)C(F)(F)C(F)(F)F. The van der Waals surface area contributed by atoms with Crippen LogP contribution in [0.1, 0.15) is 6.42 Å². The van der Waals surface area contributed by atoms with Gasteiger partial charge in [-0.1, -0.05) is 0 Å². The standard InChI is InChI=1S/C7H7F9OS/c8-4(9,1-3(17)2-18)5(10,11)6(12,13)7(14,15)16/h3,17-18H,1-2H2. The molecule has 0 radical (unpaired) electrons. The van der Waals surface area contributed by atoms with Crippen LogP contribution in [0.5, 0.6) is 0 Å². The number of aliphatic hydroxyl groups excluding tert-OH is 1. The Kier molecular flexibility index (Phi) is 4.90. The van der Waals surface area contributed by atoms with Crippen molar-refractivity contribution in [3.8, 4) is 0 Å². The van der Waals surface area contributed by atoms with Gasteiger partial charge in [-0.25, -0.2) is 0 Å². The Bertz CT molecular complexity index is 287. The van der Waals surface area contributed by atoms with Gasteiger partial charge in [0, 0.05) is 12.2 Å². The first-order valence-corrected chi connectivity index (χ1v) is 4.83. The average molecular weight is 310 g/mol. The van der Waals surface area contributed by atoms with E-state index in [4.69, 9.17) is 5.11 Å². The molecule has 1 N–H and O–H groups in total. The van der Waals surface area contributed by atoms with E-state index in [1.54, 1.807) is 0 Å². The Morgan fingerprint density at radius 2 is 1.22 bits per heavy atom. The fourth-order valence-electron chi connectivity index (χ4n) is 0.896. The van der Waals surface area contributed by atoms with Gasteiger partial charge in [0.1, 0.15) is 0 Å². The van der Waals surface area contributed by atoms with Crippen molar-refractivity contribution in [3.63, 3.8) is 0 Å². The number of thiol groups is 1. The highest BCUT2D eigenvalue weighted by atomic mass is 32.1. The molecule has 110 valence electrons. The maximum atomic E-state index is 12.7. The fraction of sp³-hybridized carbons (Fsp3) is 1.00. The Labute approximate surface area is 100 Å². The Morgan fingerprint density at radius 1 is 0.833 bits per heavy atom. The van der Waals surface area contributed by atoms with Crippen LogP contribution in [0.4, 0.5) is 39.5 Å². The Morgan fingerprint density at radius 3 is 1.50 bits per heavy atom. The molecule has 18 heavy (non-hydrogen) atoms. The number of hydrogen-bond donors (Lipinski definition) is 2. The van der Waals surface area contributed by atoms with Gasteiger partial charge in [-0.2, -0.15) is 52.1 Å². The summed E-state index contributed by atoms with van der Waals surface area (Å²) in [4.78, 5) is 0. The predicted octanol–water partition coefficient (Wildman–Crippen LogP) is 3.14. The number of hydrogen-bond acceptors (Lipinski definition) is 2. The second kappa shape index (κ2) is 4.99. The molecule has 0 aromatic heterocycles. The predicted molar refractivity (Wildman–Crippen MR) is 45.4 cm³/mol. The van der Waals surface area contributed by atoms with Crippen LogP contribution in [0, 0.1) is 0 Å². The average Bonchev–Trinajstić information content (AvgIpc) is 2.14. The summed E-state index contributed by atoms with van der Waals surface area (Å²) in [5.74, 6) is -20.1. The van der Waals surface area contributed by atoms with Crippen LogP contribution < -0.4 is 0 Å². The van der Waals surface area contributed by atoms with Crippen LogP contribution in [0.25, 0.3) is 0 Å². The van der Waals surface area contributed by atoms with Crippen LogP contribution in [0.2, 0.25) is 0 Å². The van der Waals surface area contributed by atoms with E-state index in [9.17, 15) is 39.5 Å². The molecule has 0 saturated carbocycles. The second-order valence-corrected chi connectivity index (χ2v) is 3.76. The fourth-order valence-corrected chi connectivity index (χ4v) is 1.03. The van der Waals surface area contributed by atoms with E-state index in [1.165, 1.54) is 0 Å². The highest BCUT2D eigenvalue weighted by Gasteiger charge is 2.81. The number of rotatable bonds is 5. The minimum Gasteiger partial charge on any atom is -0.392 e. The molecule has 1 unspecified atom stereocenters. The van der Waals surface area contributed by atoms with Crippen LogP contribution in [0.15, 0.2) is 0 Å². The molecule has 0 bridgehead atoms. The molecular formula is C7H7F9OS. The van der Waals surface area contributed by atoms with Gasteiger partial charge in [0.2, 0.25) is 0 Å². The van der Waals surface area contributed by atoms with Crippen molar-refractivity contribution >= 4 is 12.6 Å². The number of alkyl halides is 9. The van der Waals surface area contributed by atoms with Crippen LogP contribution in [-0.2, 0) is 0 Å². The molecule has 0 aliphatic rings. The summed E-state index contributed by atoms with van der Waals surface area (Å²) in [6, 6.07) is 0. The van der Waals surface area contributed by atoms with Crippen molar-refractivity contribution in [1.29, 1.82) is 0 Å². The zero-order valence-corrected chi connectivity index (χ0v) is 9.18. The first-order chi connectivity index (χ1) is 7.70. The largest absolute Gasteiger partial charge is 0.460 e. The van der Waals surface area contributed by atoms with E-state index >= 15 is 0 Å². The van der Waals surface area contributed by atoms with Crippen molar-refractivity contribution in [3.05, 3.63) is 0 Å². The molecule has 0 spiro atoms. The number of halogens is 9. The van der Waals surface area contributed by atoms with Gasteiger partial charge >= 0.3 is 23.9 Å². The van der Waals surface area contributed by atoms with E-state index in [0.29, 0.717) is 0 Å².